The van der Waals surface area contributed by atoms with Crippen LogP contribution in [0.15, 0.2) is 65.8 Å². The number of hydrogen-bond acceptors (Lipinski definition) is 8. The molecule has 178 valence electrons. The monoisotopic (exact) mass is 483 g/mol. The third-order valence-electron chi connectivity index (χ3n) is 7.01. The van der Waals surface area contributed by atoms with Gasteiger partial charge in [0.2, 0.25) is 5.95 Å². The predicted molar refractivity (Wildman–Crippen MR) is 146 cm³/mol. The number of fused-ring (bicyclic) bond motifs is 1. The van der Waals surface area contributed by atoms with Crippen molar-refractivity contribution in [3.05, 3.63) is 66.2 Å². The summed E-state index contributed by atoms with van der Waals surface area (Å²) in [6.07, 6.45) is 3.99. The number of nitrogen functional groups attached to an aromatic ring is 1. The van der Waals surface area contributed by atoms with Crippen LogP contribution in [0, 0.1) is 0 Å². The Morgan fingerprint density at radius 3 is 2.57 bits per heavy atom. The molecule has 2 aliphatic rings. The van der Waals surface area contributed by atoms with E-state index in [2.05, 4.69) is 93.6 Å². The number of rotatable bonds is 5. The van der Waals surface area contributed by atoms with E-state index < -0.39 is 0 Å². The van der Waals surface area contributed by atoms with Crippen LogP contribution in [-0.4, -0.2) is 54.3 Å². The third-order valence-corrected chi connectivity index (χ3v) is 8.18. The summed E-state index contributed by atoms with van der Waals surface area (Å²) in [5.74, 6) is 1.04. The van der Waals surface area contributed by atoms with E-state index in [1.807, 2.05) is 17.3 Å². The Balaban J connectivity index is 1.31. The van der Waals surface area contributed by atoms with Gasteiger partial charge >= 0.3 is 0 Å². The van der Waals surface area contributed by atoms with Gasteiger partial charge in [-0.1, -0.05) is 42.5 Å². The molecule has 2 aromatic heterocycles. The topological polar surface area (TPSA) is 73.9 Å². The summed E-state index contributed by atoms with van der Waals surface area (Å²) in [6.45, 7) is 2.18. The van der Waals surface area contributed by atoms with Gasteiger partial charge in [-0.15, -0.1) is 11.3 Å². The van der Waals surface area contributed by atoms with Crippen molar-refractivity contribution in [3.8, 4) is 10.4 Å². The van der Waals surface area contributed by atoms with Crippen molar-refractivity contribution in [2.75, 3.05) is 42.8 Å². The highest BCUT2D eigenvalue weighted by molar-refractivity contribution is 7.22. The minimum atomic E-state index is 0.102. The molecule has 2 unspecified atom stereocenters. The Bertz CT molecular complexity index is 1360. The van der Waals surface area contributed by atoms with Crippen molar-refractivity contribution in [3.63, 3.8) is 0 Å². The van der Waals surface area contributed by atoms with Gasteiger partial charge < -0.3 is 15.5 Å². The van der Waals surface area contributed by atoms with Crippen LogP contribution < -0.4 is 15.6 Å². The zero-order chi connectivity index (χ0) is 23.9. The van der Waals surface area contributed by atoms with Crippen LogP contribution in [-0.2, 0) is 0 Å². The lowest BCUT2D eigenvalue weighted by atomic mass is 10.0. The molecule has 1 fully saturated rings. The largest absolute Gasteiger partial charge is 0.370 e. The molecular formula is C27H29N7S. The number of thiophene rings is 1. The summed E-state index contributed by atoms with van der Waals surface area (Å²) >= 11 is 1.70. The molecule has 0 bridgehead atoms. The summed E-state index contributed by atoms with van der Waals surface area (Å²) in [6, 6.07) is 22.1. The maximum Gasteiger partial charge on any atom is 0.222 e. The lowest BCUT2D eigenvalue weighted by Gasteiger charge is -2.23. The highest BCUT2D eigenvalue weighted by Crippen LogP contribution is 2.42. The van der Waals surface area contributed by atoms with Crippen molar-refractivity contribution in [1.29, 1.82) is 0 Å². The highest BCUT2D eigenvalue weighted by Gasteiger charge is 2.28. The van der Waals surface area contributed by atoms with Gasteiger partial charge in [0, 0.05) is 42.3 Å². The number of hydrogen-bond donors (Lipinski definition) is 1. The van der Waals surface area contributed by atoms with Crippen molar-refractivity contribution < 1.29 is 0 Å². The van der Waals surface area contributed by atoms with Crippen LogP contribution >= 0.6 is 11.3 Å². The zero-order valence-corrected chi connectivity index (χ0v) is 20.8. The van der Waals surface area contributed by atoms with Gasteiger partial charge in [0.05, 0.1) is 16.3 Å². The van der Waals surface area contributed by atoms with Gasteiger partial charge in [0.15, 0.2) is 5.82 Å². The molecule has 4 aromatic rings. The van der Waals surface area contributed by atoms with E-state index in [-0.39, 0.29) is 12.0 Å². The van der Waals surface area contributed by atoms with Gasteiger partial charge in [0.25, 0.3) is 0 Å². The molecule has 35 heavy (non-hydrogen) atoms. The Kier molecular flexibility index (Phi) is 5.62. The van der Waals surface area contributed by atoms with Gasteiger partial charge in [0.1, 0.15) is 0 Å². The maximum atomic E-state index is 6.14. The van der Waals surface area contributed by atoms with E-state index in [1.54, 1.807) is 11.3 Å². The molecule has 0 amide bonds. The Hall–Kier alpha value is -3.49. The number of anilines is 3. The van der Waals surface area contributed by atoms with Gasteiger partial charge in [-0.05, 0) is 49.8 Å². The quantitative estimate of drug-likeness (QED) is 0.430. The molecule has 0 spiro atoms. The number of nitrogens with zero attached hydrogens (tertiary/aromatic N) is 6. The molecule has 7 nitrogen and oxygen atoms in total. The molecule has 6 rings (SSSR count). The normalized spacial score (nSPS) is 20.0. The van der Waals surface area contributed by atoms with E-state index in [9.17, 15) is 0 Å². The van der Waals surface area contributed by atoms with E-state index >= 15 is 0 Å². The highest BCUT2D eigenvalue weighted by atomic mass is 32.1. The van der Waals surface area contributed by atoms with Gasteiger partial charge in [-0.3, -0.25) is 0 Å². The first-order chi connectivity index (χ1) is 17.1. The first-order valence-corrected chi connectivity index (χ1v) is 12.8. The first kappa shape index (κ1) is 22.0. The average molecular weight is 484 g/mol. The Morgan fingerprint density at radius 2 is 1.83 bits per heavy atom. The molecule has 0 saturated carbocycles. The second-order valence-electron chi connectivity index (χ2n) is 9.43. The third kappa shape index (κ3) is 4.13. The summed E-state index contributed by atoms with van der Waals surface area (Å²) in [4.78, 5) is 15.1. The molecule has 1 saturated heterocycles. The zero-order valence-electron chi connectivity index (χ0n) is 20.0. The van der Waals surface area contributed by atoms with Crippen LogP contribution in [0.2, 0.25) is 0 Å². The second-order valence-corrected chi connectivity index (χ2v) is 10.5. The van der Waals surface area contributed by atoms with E-state index in [4.69, 9.17) is 5.73 Å². The SMILES string of the molecule is CN(C)C1CCN(c2ccc(-c3cc4nc(N)nc(N5N=CCC5c5ccccc5)c4s3)cc2)C1. The fourth-order valence-corrected chi connectivity index (χ4v) is 6.12. The minimum absolute atomic E-state index is 0.102. The van der Waals surface area contributed by atoms with Gasteiger partial charge in [-0.25, -0.2) is 9.99 Å². The number of nitrogens with two attached hydrogens (primary N) is 1. The van der Waals surface area contributed by atoms with Crippen LogP contribution in [0.5, 0.6) is 0 Å². The summed E-state index contributed by atoms with van der Waals surface area (Å²) in [5, 5.41) is 6.66. The maximum absolute atomic E-state index is 6.14. The Labute approximate surface area is 209 Å². The number of aromatic nitrogens is 2. The van der Waals surface area contributed by atoms with Crippen molar-refractivity contribution in [1.82, 2.24) is 14.9 Å². The van der Waals surface area contributed by atoms with E-state index in [0.717, 1.165) is 40.4 Å². The molecular weight excluding hydrogens is 454 g/mol. The minimum Gasteiger partial charge on any atom is -0.370 e. The molecule has 4 heterocycles. The molecule has 2 aromatic carbocycles. The lowest BCUT2D eigenvalue weighted by Crippen LogP contribution is -2.31. The molecule has 2 N–H and O–H groups in total. The Morgan fingerprint density at radius 1 is 1.03 bits per heavy atom. The summed E-state index contributed by atoms with van der Waals surface area (Å²) < 4.78 is 1.01. The smallest absolute Gasteiger partial charge is 0.222 e. The number of hydrazone groups is 1. The fraction of sp³-hybridized carbons (Fsp3) is 0.296. The van der Waals surface area contributed by atoms with Crippen molar-refractivity contribution >= 4 is 45.2 Å². The summed E-state index contributed by atoms with van der Waals surface area (Å²) in [7, 11) is 4.33. The predicted octanol–water partition coefficient (Wildman–Crippen LogP) is 5.02. The molecule has 2 atom stereocenters. The fourth-order valence-electron chi connectivity index (χ4n) is 5.03. The lowest BCUT2D eigenvalue weighted by molar-refractivity contribution is 0.315. The average Bonchev–Trinajstić information content (AvgIpc) is 3.63. The standard InChI is InChI=1S/C27H29N7S/c1-32(2)21-13-15-33(17-21)20-10-8-19(9-11-20)24-16-22-25(35-24)26(31-27(28)30-22)34-23(12-14-29-34)18-6-4-3-5-7-18/h3-11,14,16,21,23H,12-13,15,17H2,1-2H3,(H2,28,30,31). The van der Waals surface area contributed by atoms with Crippen molar-refractivity contribution in [2.24, 2.45) is 5.10 Å². The first-order valence-electron chi connectivity index (χ1n) is 12.0. The van der Waals surface area contributed by atoms with Crippen molar-refractivity contribution in [2.45, 2.75) is 24.9 Å². The second kappa shape index (κ2) is 8.94. The molecule has 2 aliphatic heterocycles. The van der Waals surface area contributed by atoms with Crippen LogP contribution in [0.1, 0.15) is 24.4 Å². The summed E-state index contributed by atoms with van der Waals surface area (Å²) in [5.41, 5.74) is 10.7. The van der Waals surface area contributed by atoms with Crippen LogP contribution in [0.3, 0.4) is 0 Å². The van der Waals surface area contributed by atoms with Crippen LogP contribution in [0.25, 0.3) is 20.7 Å². The molecule has 0 aliphatic carbocycles. The van der Waals surface area contributed by atoms with Crippen LogP contribution in [0.4, 0.5) is 17.5 Å². The van der Waals surface area contributed by atoms with Gasteiger partial charge in [-0.2, -0.15) is 10.1 Å². The van der Waals surface area contributed by atoms with E-state index in [1.165, 1.54) is 23.2 Å². The molecule has 0 radical (unpaired) electrons. The number of benzene rings is 2. The van der Waals surface area contributed by atoms with E-state index in [0.29, 0.717) is 6.04 Å². The number of likely N-dealkylation sites (N-methyl/N-ethyl adjacent to an activating group) is 1. The molecule has 8 heteroatoms.